The molecule has 0 radical (unpaired) electrons. The molecule has 0 fully saturated rings. The molecule has 0 atom stereocenters. The molecule has 1 rings (SSSR count). The van der Waals surface area contributed by atoms with Gasteiger partial charge < -0.3 is 0 Å². The second-order valence-electron chi connectivity index (χ2n) is 2.70. The van der Waals surface area contributed by atoms with Crippen LogP contribution in [0.2, 0.25) is 0 Å². The van der Waals surface area contributed by atoms with Gasteiger partial charge in [0.25, 0.3) is 0 Å². The van der Waals surface area contributed by atoms with E-state index in [9.17, 15) is 26.4 Å². The molecule has 84 valence electrons. The second-order valence-corrected chi connectivity index (χ2v) is 4.50. The maximum atomic E-state index is 12.1. The number of nitrogens with zero attached hydrogens (tertiary/aromatic N) is 1. The molecule has 0 aliphatic rings. The number of rotatable bonds is 2. The Morgan fingerprint density at radius 1 is 1.40 bits per heavy atom. The first-order valence-corrected chi connectivity index (χ1v) is 5.12. The molecule has 1 aromatic heterocycles. The molecule has 8 heteroatoms. The fraction of sp³-hybridized carbons (Fsp3) is 0.286. The fourth-order valence-corrected chi connectivity index (χ4v) is 1.86. The lowest BCUT2D eigenvalue weighted by Crippen LogP contribution is -2.31. The first kappa shape index (κ1) is 11.8. The van der Waals surface area contributed by atoms with E-state index in [1.165, 1.54) is 0 Å². The van der Waals surface area contributed by atoms with Crippen LogP contribution < -0.4 is 0 Å². The predicted octanol–water partition coefficient (Wildman–Crippen LogP) is 1.39. The third-order valence-electron chi connectivity index (χ3n) is 1.63. The van der Waals surface area contributed by atoms with Crippen LogP contribution in [0.3, 0.4) is 0 Å². The number of Topliss-reactive ketones (excluding diaryl/α,β-unsaturated/α-hetero) is 1. The van der Waals surface area contributed by atoms with Gasteiger partial charge >= 0.3 is 15.5 Å². The molecule has 1 aromatic rings. The molecule has 0 aliphatic carbocycles. The summed E-state index contributed by atoms with van der Waals surface area (Å²) in [6.45, 7) is 0.984. The van der Waals surface area contributed by atoms with Crippen LogP contribution in [0, 0.1) is 0 Å². The van der Waals surface area contributed by atoms with Gasteiger partial charge in [-0.15, -0.1) is 0 Å². The highest BCUT2D eigenvalue weighted by Gasteiger charge is 2.48. The van der Waals surface area contributed by atoms with E-state index >= 15 is 0 Å². The Labute approximate surface area is 83.4 Å². The fourth-order valence-electron chi connectivity index (χ4n) is 0.960. The zero-order valence-corrected chi connectivity index (χ0v) is 8.26. The highest BCUT2D eigenvalue weighted by Crippen LogP contribution is 2.26. The van der Waals surface area contributed by atoms with Gasteiger partial charge in [0.2, 0.25) is 0 Å². The summed E-state index contributed by atoms with van der Waals surface area (Å²) in [5, 5.41) is 0. The monoisotopic (exact) mass is 241 g/mol. The first-order chi connectivity index (χ1) is 6.68. The highest BCUT2D eigenvalue weighted by molar-refractivity contribution is 7.90. The molecule has 4 nitrogen and oxygen atoms in total. The minimum absolute atomic E-state index is 0.0741. The molecule has 0 aliphatic heterocycles. The summed E-state index contributed by atoms with van der Waals surface area (Å²) >= 11 is 0. The van der Waals surface area contributed by atoms with E-state index in [0.717, 1.165) is 19.1 Å². The molecule has 15 heavy (non-hydrogen) atoms. The van der Waals surface area contributed by atoms with E-state index in [1.54, 1.807) is 0 Å². The number of aromatic nitrogens is 1. The molecule has 0 amide bonds. The van der Waals surface area contributed by atoms with Gasteiger partial charge in [0.15, 0.2) is 5.78 Å². The van der Waals surface area contributed by atoms with Gasteiger partial charge in [-0.25, -0.2) is 3.97 Å². The molecule has 1 heterocycles. The van der Waals surface area contributed by atoms with Gasteiger partial charge in [0.1, 0.15) is 0 Å². The summed E-state index contributed by atoms with van der Waals surface area (Å²) in [4.78, 5) is 10.8. The molecule has 0 spiro atoms. The van der Waals surface area contributed by atoms with Crippen molar-refractivity contribution in [3.8, 4) is 0 Å². The summed E-state index contributed by atoms with van der Waals surface area (Å²) in [5.74, 6) is -0.757. The Morgan fingerprint density at radius 2 is 1.93 bits per heavy atom. The van der Waals surface area contributed by atoms with Crippen LogP contribution >= 0.6 is 0 Å². The quantitative estimate of drug-likeness (QED) is 0.735. The van der Waals surface area contributed by atoms with Gasteiger partial charge in [0, 0.05) is 13.1 Å². The lowest BCUT2D eigenvalue weighted by atomic mass is 10.3. The molecular weight excluding hydrogens is 235 g/mol. The number of hydrogen-bond donors (Lipinski definition) is 0. The zero-order valence-electron chi connectivity index (χ0n) is 7.45. The lowest BCUT2D eigenvalue weighted by Gasteiger charge is -2.10. The number of carbonyl (C=O) groups excluding carboxylic acids is 1. The number of ketones is 1. The molecule has 0 saturated heterocycles. The van der Waals surface area contributed by atoms with Gasteiger partial charge in [0.05, 0.1) is 5.69 Å². The second kappa shape index (κ2) is 3.37. The van der Waals surface area contributed by atoms with Crippen molar-refractivity contribution < 1.29 is 26.4 Å². The van der Waals surface area contributed by atoms with Crippen molar-refractivity contribution in [1.29, 1.82) is 0 Å². The normalized spacial score (nSPS) is 12.8. The topological polar surface area (TPSA) is 56.1 Å². The number of hydrogen-bond acceptors (Lipinski definition) is 3. The number of carbonyl (C=O) groups is 1. The van der Waals surface area contributed by atoms with Gasteiger partial charge in [-0.2, -0.15) is 21.6 Å². The summed E-state index contributed by atoms with van der Waals surface area (Å²) < 4.78 is 58.1. The Balaban J connectivity index is 3.42. The van der Waals surface area contributed by atoms with Crippen molar-refractivity contribution in [3.05, 3.63) is 24.0 Å². The minimum atomic E-state index is -5.51. The van der Waals surface area contributed by atoms with Crippen LogP contribution in [-0.4, -0.2) is 23.7 Å². The average molecular weight is 241 g/mol. The predicted molar refractivity (Wildman–Crippen MR) is 44.8 cm³/mol. The minimum Gasteiger partial charge on any atom is -0.293 e. The largest absolute Gasteiger partial charge is 0.517 e. The van der Waals surface area contributed by atoms with Crippen molar-refractivity contribution >= 4 is 15.8 Å². The maximum Gasteiger partial charge on any atom is 0.517 e. The van der Waals surface area contributed by atoms with E-state index in [4.69, 9.17) is 0 Å². The molecule has 0 N–H and O–H groups in total. The Bertz CT molecular complexity index is 486. The van der Waals surface area contributed by atoms with Crippen molar-refractivity contribution in [2.75, 3.05) is 0 Å². The molecule has 0 saturated carbocycles. The third-order valence-corrected chi connectivity index (χ3v) is 3.05. The maximum absolute atomic E-state index is 12.1. The van der Waals surface area contributed by atoms with Crippen molar-refractivity contribution in [1.82, 2.24) is 3.97 Å². The van der Waals surface area contributed by atoms with Crippen LogP contribution in [0.1, 0.15) is 17.4 Å². The van der Waals surface area contributed by atoms with Crippen LogP contribution in [0.5, 0.6) is 0 Å². The van der Waals surface area contributed by atoms with E-state index in [1.807, 2.05) is 0 Å². The van der Waals surface area contributed by atoms with Crippen molar-refractivity contribution in [2.24, 2.45) is 0 Å². The van der Waals surface area contributed by atoms with Crippen molar-refractivity contribution in [2.45, 2.75) is 12.4 Å². The average Bonchev–Trinajstić information content (AvgIpc) is 2.48. The zero-order chi connectivity index (χ0) is 11.9. The Hall–Kier alpha value is -1.31. The molecule has 0 unspecified atom stereocenters. The van der Waals surface area contributed by atoms with Crippen LogP contribution in [0.15, 0.2) is 18.3 Å². The molecule has 0 bridgehead atoms. The standard InChI is InChI=1S/C7H6F3NO3S/c1-5(12)6-3-2-4-11(6)15(13,14)7(8,9)10/h2-4H,1H3. The van der Waals surface area contributed by atoms with E-state index in [2.05, 4.69) is 0 Å². The smallest absolute Gasteiger partial charge is 0.293 e. The van der Waals surface area contributed by atoms with Gasteiger partial charge in [-0.05, 0) is 12.1 Å². The van der Waals surface area contributed by atoms with Crippen LogP contribution in [-0.2, 0) is 10.0 Å². The highest BCUT2D eigenvalue weighted by atomic mass is 32.2. The molecule has 0 aromatic carbocycles. The number of halogens is 3. The molecular formula is C7H6F3NO3S. The van der Waals surface area contributed by atoms with Gasteiger partial charge in [-0.3, -0.25) is 4.79 Å². The summed E-state index contributed by atoms with van der Waals surface area (Å²) in [6.07, 6.45) is 0.680. The third kappa shape index (κ3) is 1.89. The van der Waals surface area contributed by atoms with Crippen LogP contribution in [0.25, 0.3) is 0 Å². The Kier molecular flexibility index (Phi) is 2.64. The summed E-state index contributed by atoms with van der Waals surface area (Å²) in [7, 11) is -5.51. The number of alkyl halides is 3. The SMILES string of the molecule is CC(=O)c1cccn1S(=O)(=O)C(F)(F)F. The lowest BCUT2D eigenvalue weighted by molar-refractivity contribution is -0.0446. The first-order valence-electron chi connectivity index (χ1n) is 3.68. The summed E-state index contributed by atoms with van der Waals surface area (Å²) in [6, 6.07) is 2.06. The van der Waals surface area contributed by atoms with E-state index in [0.29, 0.717) is 6.20 Å². The van der Waals surface area contributed by atoms with Crippen LogP contribution in [0.4, 0.5) is 13.2 Å². The van der Waals surface area contributed by atoms with E-state index in [-0.39, 0.29) is 3.97 Å². The van der Waals surface area contributed by atoms with Crippen molar-refractivity contribution in [3.63, 3.8) is 0 Å². The van der Waals surface area contributed by atoms with Gasteiger partial charge in [-0.1, -0.05) is 0 Å². The summed E-state index contributed by atoms with van der Waals surface area (Å²) in [5.41, 5.74) is -5.94. The Morgan fingerprint density at radius 3 is 2.33 bits per heavy atom. The van der Waals surface area contributed by atoms with E-state index < -0.39 is 27.0 Å².